The van der Waals surface area contributed by atoms with E-state index in [0.29, 0.717) is 25.7 Å². The van der Waals surface area contributed by atoms with Gasteiger partial charge in [-0.3, -0.25) is 4.79 Å². The fraction of sp³-hybridized carbons (Fsp3) is 0.600. The fourth-order valence-electron chi connectivity index (χ4n) is 4.55. The van der Waals surface area contributed by atoms with Crippen LogP contribution in [0.15, 0.2) is 29.2 Å². The number of nitrogens with zero attached hydrogens (tertiary/aromatic N) is 1. The van der Waals surface area contributed by atoms with E-state index in [0.717, 1.165) is 24.3 Å². The Morgan fingerprint density at radius 3 is 2.41 bits per heavy atom. The molecule has 1 heterocycles. The fourth-order valence-corrected chi connectivity index (χ4v) is 6.09. The number of amides is 2. The predicted octanol–water partition coefficient (Wildman–Crippen LogP) is 2.66. The largest absolute Gasteiger partial charge is 0.465 e. The van der Waals surface area contributed by atoms with Gasteiger partial charge in [-0.2, -0.15) is 17.5 Å². The number of alkyl halides is 3. The van der Waals surface area contributed by atoms with Crippen LogP contribution in [0.3, 0.4) is 0 Å². The highest BCUT2D eigenvalue weighted by molar-refractivity contribution is 7.89. The molecule has 3 rings (SSSR count). The van der Waals surface area contributed by atoms with Gasteiger partial charge in [-0.05, 0) is 55.4 Å². The molecular formula is C20H26F3N3O5S. The number of fused-ring (bicyclic) bond motifs is 1. The average Bonchev–Trinajstić information content (AvgIpc) is 3.29. The molecule has 3 N–H and O–H groups in total. The highest BCUT2D eigenvalue weighted by Gasteiger charge is 2.47. The second kappa shape index (κ2) is 9.26. The van der Waals surface area contributed by atoms with E-state index in [1.54, 1.807) is 0 Å². The zero-order chi connectivity index (χ0) is 23.7. The third-order valence-electron chi connectivity index (χ3n) is 6.16. The van der Waals surface area contributed by atoms with Crippen molar-refractivity contribution in [2.24, 2.45) is 11.8 Å². The Balaban J connectivity index is 1.68. The van der Waals surface area contributed by atoms with Crippen molar-refractivity contribution in [1.29, 1.82) is 0 Å². The van der Waals surface area contributed by atoms with Crippen LogP contribution in [-0.2, 0) is 21.0 Å². The second-order valence-corrected chi connectivity index (χ2v) is 10.2. The zero-order valence-corrected chi connectivity index (χ0v) is 18.2. The third-order valence-corrected chi connectivity index (χ3v) is 8.01. The molecule has 4 atom stereocenters. The lowest BCUT2D eigenvalue weighted by Crippen LogP contribution is -2.50. The summed E-state index contributed by atoms with van der Waals surface area (Å²) in [4.78, 5) is 23.3. The lowest BCUT2D eigenvalue weighted by molar-refractivity contribution is -0.137. The van der Waals surface area contributed by atoms with E-state index in [9.17, 15) is 31.2 Å². The molecule has 1 aliphatic carbocycles. The maximum Gasteiger partial charge on any atom is 0.416 e. The molecule has 0 radical (unpaired) electrons. The summed E-state index contributed by atoms with van der Waals surface area (Å²) in [5.41, 5.74) is -0.922. The molecule has 0 bridgehead atoms. The summed E-state index contributed by atoms with van der Waals surface area (Å²) in [6.45, 7) is 2.20. The number of carbonyl (C=O) groups excluding carboxylic acids is 1. The summed E-state index contributed by atoms with van der Waals surface area (Å²) >= 11 is 0. The van der Waals surface area contributed by atoms with E-state index in [2.05, 4.69) is 10.6 Å². The molecule has 2 fully saturated rings. The van der Waals surface area contributed by atoms with E-state index in [1.165, 1.54) is 4.31 Å². The van der Waals surface area contributed by atoms with Gasteiger partial charge in [0.2, 0.25) is 15.9 Å². The molecule has 2 amide bonds. The Morgan fingerprint density at radius 1 is 1.19 bits per heavy atom. The Kier molecular flexibility index (Phi) is 7.03. The molecule has 1 aromatic carbocycles. The minimum absolute atomic E-state index is 0.0154. The number of rotatable bonds is 7. The molecule has 1 aliphatic heterocycles. The molecular weight excluding hydrogens is 451 g/mol. The van der Waals surface area contributed by atoms with Gasteiger partial charge in [0, 0.05) is 19.1 Å². The van der Waals surface area contributed by atoms with Gasteiger partial charge in [0.1, 0.15) is 6.04 Å². The first-order chi connectivity index (χ1) is 14.9. The first-order valence-electron chi connectivity index (χ1n) is 10.4. The monoisotopic (exact) mass is 477 g/mol. The van der Waals surface area contributed by atoms with Gasteiger partial charge in [0.25, 0.3) is 0 Å². The van der Waals surface area contributed by atoms with Crippen LogP contribution in [0.2, 0.25) is 0 Å². The van der Waals surface area contributed by atoms with E-state index in [-0.39, 0.29) is 35.9 Å². The van der Waals surface area contributed by atoms with Gasteiger partial charge in [-0.15, -0.1) is 0 Å². The average molecular weight is 478 g/mol. The number of nitrogens with one attached hydrogen (secondary N) is 2. The number of carbonyl (C=O) groups is 2. The van der Waals surface area contributed by atoms with Crippen molar-refractivity contribution in [3.63, 3.8) is 0 Å². The number of hydrogen-bond acceptors (Lipinski definition) is 4. The third kappa shape index (κ3) is 5.17. The van der Waals surface area contributed by atoms with Gasteiger partial charge in [0.15, 0.2) is 0 Å². The number of hydrogen-bond donors (Lipinski definition) is 3. The van der Waals surface area contributed by atoms with Crippen molar-refractivity contribution in [3.8, 4) is 0 Å². The van der Waals surface area contributed by atoms with Crippen LogP contribution < -0.4 is 10.6 Å². The van der Waals surface area contributed by atoms with Crippen LogP contribution in [0.4, 0.5) is 18.0 Å². The smallest absolute Gasteiger partial charge is 0.416 e. The Bertz CT molecular complexity index is 952. The van der Waals surface area contributed by atoms with Gasteiger partial charge in [0.05, 0.1) is 10.5 Å². The van der Waals surface area contributed by atoms with Crippen LogP contribution >= 0.6 is 0 Å². The summed E-state index contributed by atoms with van der Waals surface area (Å²) in [5.74, 6) is -0.569. The second-order valence-electron chi connectivity index (χ2n) is 8.25. The number of carboxylic acid groups (broad SMARTS) is 1. The first-order valence-corrected chi connectivity index (χ1v) is 11.8. The molecule has 2 aliphatic rings. The number of halogens is 3. The molecule has 1 saturated carbocycles. The van der Waals surface area contributed by atoms with E-state index in [1.807, 2.05) is 6.92 Å². The normalized spacial score (nSPS) is 24.7. The van der Waals surface area contributed by atoms with Crippen molar-refractivity contribution in [1.82, 2.24) is 14.9 Å². The molecule has 12 heteroatoms. The molecule has 32 heavy (non-hydrogen) atoms. The summed E-state index contributed by atoms with van der Waals surface area (Å²) in [6.07, 6.45) is -3.55. The Labute approximate surface area is 184 Å². The highest BCUT2D eigenvalue weighted by Crippen LogP contribution is 2.40. The molecule has 0 spiro atoms. The lowest BCUT2D eigenvalue weighted by Gasteiger charge is -2.24. The van der Waals surface area contributed by atoms with Crippen molar-refractivity contribution < 1.29 is 36.3 Å². The van der Waals surface area contributed by atoms with Gasteiger partial charge >= 0.3 is 12.3 Å². The Hall–Kier alpha value is -2.34. The first kappa shape index (κ1) is 24.3. The van der Waals surface area contributed by atoms with Gasteiger partial charge < -0.3 is 15.7 Å². The van der Waals surface area contributed by atoms with Crippen molar-refractivity contribution in [2.75, 3.05) is 13.1 Å². The minimum Gasteiger partial charge on any atom is -0.465 e. The van der Waals surface area contributed by atoms with E-state index >= 15 is 0 Å². The predicted molar refractivity (Wildman–Crippen MR) is 108 cm³/mol. The molecule has 1 aromatic rings. The van der Waals surface area contributed by atoms with Gasteiger partial charge in [-0.25, -0.2) is 13.2 Å². The molecule has 8 nitrogen and oxygen atoms in total. The van der Waals surface area contributed by atoms with Crippen molar-refractivity contribution in [2.45, 2.75) is 55.8 Å². The maximum absolute atomic E-state index is 13.0. The topological polar surface area (TPSA) is 116 Å². The van der Waals surface area contributed by atoms with Crippen molar-refractivity contribution in [3.05, 3.63) is 29.8 Å². The molecule has 0 aromatic heterocycles. The van der Waals surface area contributed by atoms with E-state index < -0.39 is 39.8 Å². The summed E-state index contributed by atoms with van der Waals surface area (Å²) in [7, 11) is -3.97. The standard InChI is InChI=1S/C20H26F3N3O5S/c1-2-3-17(25-19(28)29)18(27)24-16-9-4-12-10-26(11-15(12)16)32(30,31)14-7-5-13(6-8-14)20(21,22)23/h5-8,12,15-17,25H,2-4,9-11H2,1H3,(H,24,27)(H,28,29)/t12-,15+,16+,17?/m1/s1. The zero-order valence-electron chi connectivity index (χ0n) is 17.4. The maximum atomic E-state index is 13.0. The molecule has 1 saturated heterocycles. The van der Waals surface area contributed by atoms with Crippen LogP contribution in [0, 0.1) is 11.8 Å². The minimum atomic E-state index is -4.55. The van der Waals surface area contributed by atoms with Crippen LogP contribution in [-0.4, -0.2) is 55.0 Å². The van der Waals surface area contributed by atoms with Gasteiger partial charge in [-0.1, -0.05) is 13.3 Å². The number of benzene rings is 1. The van der Waals surface area contributed by atoms with Crippen LogP contribution in [0.25, 0.3) is 0 Å². The van der Waals surface area contributed by atoms with Crippen LogP contribution in [0.5, 0.6) is 0 Å². The summed E-state index contributed by atoms with van der Waals surface area (Å²) < 4.78 is 65.4. The Morgan fingerprint density at radius 2 is 1.84 bits per heavy atom. The molecule has 178 valence electrons. The number of sulfonamides is 1. The quantitative estimate of drug-likeness (QED) is 0.559. The lowest BCUT2D eigenvalue weighted by atomic mass is 9.97. The van der Waals surface area contributed by atoms with Crippen molar-refractivity contribution >= 4 is 22.0 Å². The summed E-state index contributed by atoms with van der Waals surface area (Å²) in [6, 6.07) is 2.23. The molecule has 1 unspecified atom stereocenters. The SMILES string of the molecule is CCCC(NC(=O)O)C(=O)N[C@H]1CC[C@@H]2CN(S(=O)(=O)c3ccc(C(F)(F)F)cc3)C[C@@H]21. The van der Waals surface area contributed by atoms with E-state index in [4.69, 9.17) is 5.11 Å². The highest BCUT2D eigenvalue weighted by atomic mass is 32.2. The van der Waals surface area contributed by atoms with Crippen LogP contribution in [0.1, 0.15) is 38.2 Å². The summed E-state index contributed by atoms with van der Waals surface area (Å²) in [5, 5.41) is 14.0.